The fraction of sp³-hybridized carbons (Fsp3) is 1.00. The van der Waals surface area contributed by atoms with Crippen molar-refractivity contribution >= 4 is 9.68 Å². The molecular formula is C10H27N3Si. The van der Waals surface area contributed by atoms with E-state index in [2.05, 4.69) is 36.0 Å². The van der Waals surface area contributed by atoms with Gasteiger partial charge in [0.1, 0.15) is 0 Å². The largest absolute Gasteiger partial charge is 0.331 e. The van der Waals surface area contributed by atoms with Gasteiger partial charge in [-0.15, -0.1) is 0 Å². The third kappa shape index (κ3) is 8.68. The third-order valence-electron chi connectivity index (χ3n) is 2.47. The standard InChI is InChI=1S/C10H27N3Si/c1-4-11-10-12-14-9-7-8-13(5-2)6-3/h11-12H,4-10,14H2,1-3H3. The normalized spacial score (nSPS) is 12.0. The summed E-state index contributed by atoms with van der Waals surface area (Å²) in [6.07, 6.45) is 1.37. The minimum atomic E-state index is -0.00645. The predicted octanol–water partition coefficient (Wildman–Crippen LogP) is 0.377. The van der Waals surface area contributed by atoms with Crippen LogP contribution in [0.1, 0.15) is 27.2 Å². The molecule has 0 rings (SSSR count). The third-order valence-corrected chi connectivity index (χ3v) is 3.93. The van der Waals surface area contributed by atoms with Gasteiger partial charge < -0.3 is 15.2 Å². The summed E-state index contributed by atoms with van der Waals surface area (Å²) in [5, 5.41) is 3.28. The molecule has 0 unspecified atom stereocenters. The van der Waals surface area contributed by atoms with Crippen molar-refractivity contribution in [2.75, 3.05) is 32.8 Å². The molecule has 0 bridgehead atoms. The molecule has 0 saturated carbocycles. The fourth-order valence-electron chi connectivity index (χ4n) is 1.43. The second kappa shape index (κ2) is 11.2. The van der Waals surface area contributed by atoms with Crippen molar-refractivity contribution in [1.82, 2.24) is 15.2 Å². The molecule has 0 aromatic carbocycles. The van der Waals surface area contributed by atoms with E-state index in [-0.39, 0.29) is 9.68 Å². The lowest BCUT2D eigenvalue weighted by atomic mass is 10.4. The Balaban J connectivity index is 3.04. The van der Waals surface area contributed by atoms with Gasteiger partial charge >= 0.3 is 0 Å². The Morgan fingerprint density at radius 1 is 1.14 bits per heavy atom. The quantitative estimate of drug-likeness (QED) is 0.315. The number of hydrogen-bond donors (Lipinski definition) is 2. The van der Waals surface area contributed by atoms with Gasteiger partial charge in [-0.2, -0.15) is 0 Å². The Hall–Kier alpha value is 0.0969. The van der Waals surface area contributed by atoms with Crippen LogP contribution < -0.4 is 10.3 Å². The van der Waals surface area contributed by atoms with Gasteiger partial charge in [-0.1, -0.05) is 20.8 Å². The lowest BCUT2D eigenvalue weighted by Crippen LogP contribution is -2.32. The lowest BCUT2D eigenvalue weighted by molar-refractivity contribution is 0.304. The molecule has 0 atom stereocenters. The summed E-state index contributed by atoms with van der Waals surface area (Å²) >= 11 is 0. The molecule has 0 aliphatic heterocycles. The minimum absolute atomic E-state index is 0.00645. The van der Waals surface area contributed by atoms with E-state index in [1.807, 2.05) is 0 Å². The topological polar surface area (TPSA) is 27.3 Å². The molecule has 0 amide bonds. The first-order chi connectivity index (χ1) is 6.85. The van der Waals surface area contributed by atoms with Gasteiger partial charge in [0.2, 0.25) is 0 Å². The SMILES string of the molecule is CCNCN[SiH2]CCCN(CC)CC. The maximum Gasteiger partial charge on any atom is 0.0931 e. The molecule has 0 aliphatic rings. The monoisotopic (exact) mass is 217 g/mol. The first-order valence-electron chi connectivity index (χ1n) is 5.98. The lowest BCUT2D eigenvalue weighted by Gasteiger charge is -2.17. The molecule has 86 valence electrons. The maximum absolute atomic E-state index is 3.51. The Morgan fingerprint density at radius 2 is 1.86 bits per heavy atom. The number of rotatable bonds is 10. The van der Waals surface area contributed by atoms with Crippen molar-refractivity contribution in [1.29, 1.82) is 0 Å². The van der Waals surface area contributed by atoms with Crippen LogP contribution in [0.5, 0.6) is 0 Å². The van der Waals surface area contributed by atoms with Crippen molar-refractivity contribution in [2.45, 2.75) is 33.2 Å². The van der Waals surface area contributed by atoms with Crippen LogP contribution in [0, 0.1) is 0 Å². The molecule has 14 heavy (non-hydrogen) atoms. The van der Waals surface area contributed by atoms with Crippen molar-refractivity contribution in [3.63, 3.8) is 0 Å². The second-order valence-corrected chi connectivity index (χ2v) is 5.22. The highest BCUT2D eigenvalue weighted by atomic mass is 28.2. The van der Waals surface area contributed by atoms with E-state index in [0.717, 1.165) is 13.2 Å². The molecule has 0 aromatic rings. The Labute approximate surface area is 91.5 Å². The molecule has 2 N–H and O–H groups in total. The fourth-order valence-corrected chi connectivity index (χ4v) is 2.50. The average Bonchev–Trinajstić information content (AvgIpc) is 2.22. The maximum atomic E-state index is 3.51. The summed E-state index contributed by atoms with van der Waals surface area (Å²) in [5.74, 6) is 0. The van der Waals surface area contributed by atoms with Gasteiger partial charge in [0.05, 0.1) is 9.68 Å². The summed E-state index contributed by atoms with van der Waals surface area (Å²) in [7, 11) is -0.00645. The van der Waals surface area contributed by atoms with Gasteiger partial charge in [0.15, 0.2) is 0 Å². The van der Waals surface area contributed by atoms with Crippen LogP contribution in [-0.2, 0) is 0 Å². The molecule has 0 fully saturated rings. The van der Waals surface area contributed by atoms with E-state index in [0.29, 0.717) is 0 Å². The minimum Gasteiger partial charge on any atom is -0.331 e. The summed E-state index contributed by atoms with van der Waals surface area (Å²) in [4.78, 5) is 6.00. The predicted molar refractivity (Wildman–Crippen MR) is 67.4 cm³/mol. The van der Waals surface area contributed by atoms with E-state index >= 15 is 0 Å². The van der Waals surface area contributed by atoms with E-state index in [9.17, 15) is 0 Å². The van der Waals surface area contributed by atoms with Gasteiger partial charge in [0, 0.05) is 6.67 Å². The van der Waals surface area contributed by atoms with Crippen molar-refractivity contribution in [3.05, 3.63) is 0 Å². The summed E-state index contributed by atoms with van der Waals surface area (Å²) in [6.45, 7) is 12.4. The highest BCUT2D eigenvalue weighted by Crippen LogP contribution is 1.93. The second-order valence-electron chi connectivity index (χ2n) is 3.51. The molecule has 0 heterocycles. The van der Waals surface area contributed by atoms with Gasteiger partial charge in [-0.05, 0) is 38.6 Å². The molecule has 0 aromatic heterocycles. The van der Waals surface area contributed by atoms with Gasteiger partial charge in [-0.3, -0.25) is 0 Å². The van der Waals surface area contributed by atoms with E-state index in [1.54, 1.807) is 0 Å². The van der Waals surface area contributed by atoms with E-state index < -0.39 is 0 Å². The molecule has 0 radical (unpaired) electrons. The highest BCUT2D eigenvalue weighted by molar-refractivity contribution is 6.31. The van der Waals surface area contributed by atoms with Crippen LogP contribution >= 0.6 is 0 Å². The zero-order chi connectivity index (χ0) is 10.6. The zero-order valence-electron chi connectivity index (χ0n) is 10.1. The summed E-state index contributed by atoms with van der Waals surface area (Å²) in [6, 6.07) is 1.42. The van der Waals surface area contributed by atoms with Crippen LogP contribution in [0.3, 0.4) is 0 Å². The Bertz CT molecular complexity index is 108. The summed E-state index contributed by atoms with van der Waals surface area (Å²) < 4.78 is 0. The van der Waals surface area contributed by atoms with Crippen molar-refractivity contribution in [2.24, 2.45) is 0 Å². The van der Waals surface area contributed by atoms with Crippen LogP contribution in [0.15, 0.2) is 0 Å². The van der Waals surface area contributed by atoms with Gasteiger partial charge in [0.25, 0.3) is 0 Å². The first kappa shape index (κ1) is 14.1. The molecule has 0 spiro atoms. The summed E-state index contributed by atoms with van der Waals surface area (Å²) in [5.41, 5.74) is 0. The van der Waals surface area contributed by atoms with Crippen molar-refractivity contribution in [3.8, 4) is 0 Å². The van der Waals surface area contributed by atoms with Gasteiger partial charge in [-0.25, -0.2) is 0 Å². The number of hydrogen-bond acceptors (Lipinski definition) is 3. The Kier molecular flexibility index (Phi) is 11.3. The zero-order valence-corrected chi connectivity index (χ0v) is 11.5. The average molecular weight is 217 g/mol. The van der Waals surface area contributed by atoms with Crippen LogP contribution in [0.4, 0.5) is 0 Å². The molecule has 4 heteroatoms. The van der Waals surface area contributed by atoms with E-state index in [4.69, 9.17) is 0 Å². The molecule has 3 nitrogen and oxygen atoms in total. The number of nitrogens with one attached hydrogen (secondary N) is 2. The van der Waals surface area contributed by atoms with E-state index in [1.165, 1.54) is 32.1 Å². The molecular weight excluding hydrogens is 190 g/mol. The Morgan fingerprint density at radius 3 is 2.43 bits per heavy atom. The first-order valence-corrected chi connectivity index (χ1v) is 7.69. The molecule has 0 saturated heterocycles. The van der Waals surface area contributed by atoms with Crippen LogP contribution in [-0.4, -0.2) is 47.4 Å². The molecule has 0 aliphatic carbocycles. The van der Waals surface area contributed by atoms with Crippen LogP contribution in [0.2, 0.25) is 6.04 Å². The number of nitrogens with zero attached hydrogens (tertiary/aromatic N) is 1. The van der Waals surface area contributed by atoms with Crippen molar-refractivity contribution < 1.29 is 0 Å². The smallest absolute Gasteiger partial charge is 0.0931 e. The highest BCUT2D eigenvalue weighted by Gasteiger charge is 1.97. The van der Waals surface area contributed by atoms with Crippen LogP contribution in [0.25, 0.3) is 0 Å².